The lowest BCUT2D eigenvalue weighted by Gasteiger charge is -2.29. The lowest BCUT2D eigenvalue weighted by atomic mass is 9.94. The molecule has 0 spiro atoms. The summed E-state index contributed by atoms with van der Waals surface area (Å²) in [7, 11) is 2.17. The molecular weight excluding hydrogens is 381 g/mol. The Morgan fingerprint density at radius 1 is 1.20 bits per heavy atom. The van der Waals surface area contributed by atoms with Gasteiger partial charge in [-0.05, 0) is 69.9 Å². The van der Waals surface area contributed by atoms with Gasteiger partial charge in [0.05, 0.1) is 5.56 Å². The zero-order chi connectivity index (χ0) is 21.1. The Hall–Kier alpha value is -2.18. The SMILES string of the molecule is Cc1oc2c(c1C(=O)NCCC1CCN(C)CC1)CN(Cc1ccc(F)cc1)CC2. The topological polar surface area (TPSA) is 48.7 Å². The van der Waals surface area contributed by atoms with Crippen molar-refractivity contribution >= 4 is 5.91 Å². The van der Waals surface area contributed by atoms with E-state index < -0.39 is 0 Å². The average molecular weight is 414 g/mol. The largest absolute Gasteiger partial charge is 0.465 e. The number of piperidine rings is 1. The number of amides is 1. The molecule has 6 heteroatoms. The zero-order valence-corrected chi connectivity index (χ0v) is 18.0. The molecule has 0 bridgehead atoms. The van der Waals surface area contributed by atoms with Crippen molar-refractivity contribution in [3.8, 4) is 0 Å². The summed E-state index contributed by atoms with van der Waals surface area (Å²) in [5.41, 5.74) is 2.79. The third kappa shape index (κ3) is 4.93. The normalized spacial score (nSPS) is 18.4. The van der Waals surface area contributed by atoms with E-state index in [-0.39, 0.29) is 11.7 Å². The second kappa shape index (κ2) is 9.31. The van der Waals surface area contributed by atoms with Crippen LogP contribution in [-0.4, -0.2) is 48.9 Å². The van der Waals surface area contributed by atoms with Gasteiger partial charge in [0.25, 0.3) is 5.91 Å². The van der Waals surface area contributed by atoms with Gasteiger partial charge in [-0.15, -0.1) is 0 Å². The van der Waals surface area contributed by atoms with E-state index in [1.807, 2.05) is 19.1 Å². The summed E-state index contributed by atoms with van der Waals surface area (Å²) in [5.74, 6) is 2.11. The average Bonchev–Trinajstić information content (AvgIpc) is 3.06. The molecule has 1 N–H and O–H groups in total. The van der Waals surface area contributed by atoms with Gasteiger partial charge >= 0.3 is 0 Å². The maximum absolute atomic E-state index is 13.2. The number of hydrogen-bond acceptors (Lipinski definition) is 4. The van der Waals surface area contributed by atoms with Crippen LogP contribution in [0.2, 0.25) is 0 Å². The van der Waals surface area contributed by atoms with Gasteiger partial charge in [-0.25, -0.2) is 4.39 Å². The van der Waals surface area contributed by atoms with Crippen molar-refractivity contribution in [1.82, 2.24) is 15.1 Å². The van der Waals surface area contributed by atoms with Crippen LogP contribution in [0.4, 0.5) is 4.39 Å². The number of fused-ring (bicyclic) bond motifs is 1. The molecule has 5 nitrogen and oxygen atoms in total. The Morgan fingerprint density at radius 3 is 2.67 bits per heavy atom. The van der Waals surface area contributed by atoms with E-state index in [1.165, 1.54) is 25.0 Å². The molecule has 2 aromatic rings. The van der Waals surface area contributed by atoms with Crippen molar-refractivity contribution < 1.29 is 13.6 Å². The number of hydrogen-bond donors (Lipinski definition) is 1. The molecule has 2 aliphatic rings. The third-order valence-corrected chi connectivity index (χ3v) is 6.53. The number of furan rings is 1. The molecule has 1 saturated heterocycles. The van der Waals surface area contributed by atoms with Crippen molar-refractivity contribution in [3.63, 3.8) is 0 Å². The number of carbonyl (C=O) groups excluding carboxylic acids is 1. The Balaban J connectivity index is 1.36. The van der Waals surface area contributed by atoms with Crippen LogP contribution < -0.4 is 5.32 Å². The van der Waals surface area contributed by atoms with E-state index in [0.29, 0.717) is 30.3 Å². The highest BCUT2D eigenvalue weighted by molar-refractivity contribution is 5.97. The van der Waals surface area contributed by atoms with E-state index in [9.17, 15) is 9.18 Å². The first-order chi connectivity index (χ1) is 14.5. The number of nitrogens with one attached hydrogen (secondary N) is 1. The summed E-state index contributed by atoms with van der Waals surface area (Å²) in [6.07, 6.45) is 4.26. The molecule has 0 atom stereocenters. The minimum absolute atomic E-state index is 0.0194. The number of halogens is 1. The van der Waals surface area contributed by atoms with Gasteiger partial charge in [0.2, 0.25) is 0 Å². The fraction of sp³-hybridized carbons (Fsp3) is 0.542. The van der Waals surface area contributed by atoms with Gasteiger partial charge in [-0.2, -0.15) is 0 Å². The lowest BCUT2D eigenvalue weighted by Crippen LogP contribution is -2.34. The summed E-state index contributed by atoms with van der Waals surface area (Å²) in [6.45, 7) is 7.19. The van der Waals surface area contributed by atoms with E-state index in [2.05, 4.69) is 22.2 Å². The molecule has 3 heterocycles. The van der Waals surface area contributed by atoms with E-state index >= 15 is 0 Å². The molecule has 4 rings (SSSR count). The van der Waals surface area contributed by atoms with Gasteiger partial charge in [0.1, 0.15) is 17.3 Å². The Morgan fingerprint density at radius 2 is 1.93 bits per heavy atom. The summed E-state index contributed by atoms with van der Waals surface area (Å²) in [6, 6.07) is 6.64. The van der Waals surface area contributed by atoms with Crippen LogP contribution in [0.15, 0.2) is 28.7 Å². The van der Waals surface area contributed by atoms with Crippen LogP contribution in [0.5, 0.6) is 0 Å². The van der Waals surface area contributed by atoms with Crippen LogP contribution >= 0.6 is 0 Å². The standard InChI is InChI=1S/C24H32FN3O2/c1-17-23(24(29)26-11-7-18-8-12-27(2)13-9-18)21-16-28(14-10-22(21)30-17)15-19-3-5-20(25)6-4-19/h3-6,18H,7-16H2,1-2H3,(H,26,29). The number of aryl methyl sites for hydroxylation is 1. The van der Waals surface area contributed by atoms with Gasteiger partial charge < -0.3 is 14.6 Å². The molecule has 1 aromatic carbocycles. The Bertz CT molecular complexity index is 869. The summed E-state index contributed by atoms with van der Waals surface area (Å²) in [5, 5.41) is 3.13. The molecule has 0 radical (unpaired) electrons. The second-order valence-corrected chi connectivity index (χ2v) is 8.81. The molecule has 162 valence electrons. The molecule has 1 amide bonds. The highest BCUT2D eigenvalue weighted by Gasteiger charge is 2.28. The smallest absolute Gasteiger partial charge is 0.255 e. The summed E-state index contributed by atoms with van der Waals surface area (Å²) in [4.78, 5) is 17.6. The number of rotatable bonds is 6. The van der Waals surface area contributed by atoms with Crippen LogP contribution in [0.3, 0.4) is 0 Å². The number of benzene rings is 1. The maximum Gasteiger partial charge on any atom is 0.255 e. The molecule has 1 aromatic heterocycles. The quantitative estimate of drug-likeness (QED) is 0.784. The predicted molar refractivity (Wildman–Crippen MR) is 115 cm³/mol. The first-order valence-electron chi connectivity index (χ1n) is 11.0. The summed E-state index contributed by atoms with van der Waals surface area (Å²) >= 11 is 0. The van der Waals surface area contributed by atoms with Crippen molar-refractivity contribution in [1.29, 1.82) is 0 Å². The van der Waals surface area contributed by atoms with Crippen LogP contribution in [0, 0.1) is 18.7 Å². The van der Waals surface area contributed by atoms with Gasteiger partial charge in [0.15, 0.2) is 0 Å². The number of carbonyl (C=O) groups is 1. The third-order valence-electron chi connectivity index (χ3n) is 6.53. The minimum atomic E-state index is -0.218. The van der Waals surface area contributed by atoms with Crippen LogP contribution in [0.25, 0.3) is 0 Å². The minimum Gasteiger partial charge on any atom is -0.465 e. The molecular formula is C24H32FN3O2. The number of nitrogens with zero attached hydrogens (tertiary/aromatic N) is 2. The van der Waals surface area contributed by atoms with E-state index in [4.69, 9.17) is 4.42 Å². The lowest BCUT2D eigenvalue weighted by molar-refractivity contribution is 0.0945. The molecule has 0 aliphatic carbocycles. The molecule has 30 heavy (non-hydrogen) atoms. The van der Waals surface area contributed by atoms with Gasteiger partial charge in [-0.3, -0.25) is 9.69 Å². The predicted octanol–water partition coefficient (Wildman–Crippen LogP) is 3.75. The zero-order valence-electron chi connectivity index (χ0n) is 18.0. The molecule has 1 fully saturated rings. The van der Waals surface area contributed by atoms with Crippen molar-refractivity contribution in [2.45, 2.75) is 45.7 Å². The fourth-order valence-corrected chi connectivity index (χ4v) is 4.69. The molecule has 2 aliphatic heterocycles. The Labute approximate surface area is 178 Å². The van der Waals surface area contributed by atoms with Crippen molar-refractivity contribution in [2.75, 3.05) is 33.2 Å². The first kappa shape index (κ1) is 21.1. The van der Waals surface area contributed by atoms with Crippen molar-refractivity contribution in [2.24, 2.45) is 5.92 Å². The van der Waals surface area contributed by atoms with E-state index in [0.717, 1.165) is 55.9 Å². The van der Waals surface area contributed by atoms with Crippen LogP contribution in [-0.2, 0) is 19.5 Å². The van der Waals surface area contributed by atoms with Crippen LogP contribution in [0.1, 0.15) is 52.3 Å². The fourth-order valence-electron chi connectivity index (χ4n) is 4.69. The monoisotopic (exact) mass is 413 g/mol. The first-order valence-corrected chi connectivity index (χ1v) is 11.0. The number of likely N-dealkylation sites (tertiary alicyclic amines) is 1. The molecule has 0 unspecified atom stereocenters. The summed E-state index contributed by atoms with van der Waals surface area (Å²) < 4.78 is 19.1. The highest BCUT2D eigenvalue weighted by Crippen LogP contribution is 2.29. The maximum atomic E-state index is 13.2. The van der Waals surface area contributed by atoms with Crippen molar-refractivity contribution in [3.05, 3.63) is 58.3 Å². The Kier molecular flexibility index (Phi) is 6.54. The molecule has 0 saturated carbocycles. The second-order valence-electron chi connectivity index (χ2n) is 8.81. The van der Waals surface area contributed by atoms with Gasteiger partial charge in [0, 0.05) is 38.2 Å². The highest BCUT2D eigenvalue weighted by atomic mass is 19.1. The van der Waals surface area contributed by atoms with E-state index in [1.54, 1.807) is 0 Å². The van der Waals surface area contributed by atoms with Gasteiger partial charge in [-0.1, -0.05) is 12.1 Å².